The maximum atomic E-state index is 4.54. The monoisotopic (exact) mass is 593 g/mol. The van der Waals surface area contributed by atoms with Crippen LogP contribution in [0.2, 0.25) is 0 Å². The SMILES string of the molecule is c1ccc2c(c1)sc1cccc(-c3ccc4c5ccccc5n(-c5cccc6c5c5ccccc5n6-c5ncncn5)c4c3)c12. The van der Waals surface area contributed by atoms with Crippen molar-refractivity contribution in [3.63, 3.8) is 0 Å². The van der Waals surface area contributed by atoms with Crippen molar-refractivity contribution in [3.8, 4) is 22.8 Å². The quantitative estimate of drug-likeness (QED) is 0.205. The summed E-state index contributed by atoms with van der Waals surface area (Å²) in [4.78, 5) is 13.1. The van der Waals surface area contributed by atoms with Gasteiger partial charge in [-0.15, -0.1) is 11.3 Å². The second-order valence-electron chi connectivity index (χ2n) is 11.3. The van der Waals surface area contributed by atoms with Gasteiger partial charge in [-0.3, -0.25) is 4.57 Å². The fraction of sp³-hybridized carbons (Fsp3) is 0. The van der Waals surface area contributed by atoms with Crippen LogP contribution in [0.3, 0.4) is 0 Å². The molecule has 6 aromatic carbocycles. The second-order valence-corrected chi connectivity index (χ2v) is 12.4. The Morgan fingerprint density at radius 1 is 0.467 bits per heavy atom. The normalized spacial score (nSPS) is 12.0. The molecule has 45 heavy (non-hydrogen) atoms. The standard InChI is InChI=1S/C39H23N5S/c1-4-13-30-26(9-1)27-20-19-24(25-12-7-18-36-37(25)29-11-3-6-17-35(29)45-36)21-34(27)43(30)32-15-8-16-33-38(32)28-10-2-5-14-31(28)44(33)39-41-22-40-23-42-39/h1-23H. The molecule has 0 bridgehead atoms. The molecule has 0 saturated heterocycles. The Morgan fingerprint density at radius 2 is 1.13 bits per heavy atom. The first-order valence-corrected chi connectivity index (χ1v) is 15.8. The van der Waals surface area contributed by atoms with E-state index in [9.17, 15) is 0 Å². The van der Waals surface area contributed by atoms with E-state index in [0.717, 1.165) is 27.5 Å². The minimum Gasteiger partial charge on any atom is -0.309 e. The molecule has 0 aliphatic heterocycles. The molecule has 4 aromatic heterocycles. The van der Waals surface area contributed by atoms with E-state index in [0.29, 0.717) is 5.95 Å². The fourth-order valence-corrected chi connectivity index (χ4v) is 8.30. The zero-order valence-electron chi connectivity index (χ0n) is 23.9. The molecule has 10 aromatic rings. The number of hydrogen-bond acceptors (Lipinski definition) is 4. The Hall–Kier alpha value is -5.85. The first-order chi connectivity index (χ1) is 22.3. The molecule has 0 unspecified atom stereocenters. The van der Waals surface area contributed by atoms with Gasteiger partial charge in [-0.05, 0) is 53.6 Å². The smallest absolute Gasteiger partial charge is 0.237 e. The summed E-state index contributed by atoms with van der Waals surface area (Å²) in [5, 5.41) is 7.41. The third-order valence-electron chi connectivity index (χ3n) is 8.98. The summed E-state index contributed by atoms with van der Waals surface area (Å²) in [5.41, 5.74) is 8.05. The molecule has 0 aliphatic carbocycles. The van der Waals surface area contributed by atoms with Crippen LogP contribution in [0.25, 0.3) is 86.5 Å². The van der Waals surface area contributed by atoms with Crippen LogP contribution in [-0.2, 0) is 0 Å². The third kappa shape index (κ3) is 3.45. The van der Waals surface area contributed by atoms with Gasteiger partial charge in [0.25, 0.3) is 0 Å². The maximum absolute atomic E-state index is 4.54. The van der Waals surface area contributed by atoms with Gasteiger partial charge in [-0.1, -0.05) is 84.9 Å². The van der Waals surface area contributed by atoms with Crippen LogP contribution < -0.4 is 0 Å². The average Bonchev–Trinajstić information content (AvgIpc) is 3.76. The van der Waals surface area contributed by atoms with Crippen molar-refractivity contribution >= 4 is 75.1 Å². The van der Waals surface area contributed by atoms with Gasteiger partial charge in [0, 0.05) is 41.7 Å². The predicted octanol–water partition coefficient (Wildman–Crippen LogP) is 10.1. The van der Waals surface area contributed by atoms with Gasteiger partial charge in [0.15, 0.2) is 0 Å². The Bertz CT molecular complexity index is 2770. The van der Waals surface area contributed by atoms with Crippen LogP contribution in [0.15, 0.2) is 140 Å². The van der Waals surface area contributed by atoms with Crippen LogP contribution in [0.4, 0.5) is 0 Å². The van der Waals surface area contributed by atoms with Gasteiger partial charge >= 0.3 is 0 Å². The highest BCUT2D eigenvalue weighted by molar-refractivity contribution is 7.25. The van der Waals surface area contributed by atoms with E-state index in [4.69, 9.17) is 0 Å². The molecule has 0 spiro atoms. The van der Waals surface area contributed by atoms with E-state index in [2.05, 4.69) is 151 Å². The lowest BCUT2D eigenvalue weighted by molar-refractivity contribution is 0.939. The summed E-state index contributed by atoms with van der Waals surface area (Å²) in [5.74, 6) is 0.606. The highest BCUT2D eigenvalue weighted by atomic mass is 32.1. The van der Waals surface area contributed by atoms with Crippen LogP contribution in [-0.4, -0.2) is 24.1 Å². The van der Waals surface area contributed by atoms with Gasteiger partial charge in [0.05, 0.1) is 27.8 Å². The largest absolute Gasteiger partial charge is 0.309 e. The molecule has 0 fully saturated rings. The predicted molar refractivity (Wildman–Crippen MR) is 187 cm³/mol. The van der Waals surface area contributed by atoms with E-state index >= 15 is 0 Å². The molecule has 0 amide bonds. The number of fused-ring (bicyclic) bond motifs is 9. The van der Waals surface area contributed by atoms with Crippen molar-refractivity contribution < 1.29 is 0 Å². The maximum Gasteiger partial charge on any atom is 0.237 e. The zero-order valence-corrected chi connectivity index (χ0v) is 24.7. The number of nitrogens with zero attached hydrogens (tertiary/aromatic N) is 5. The van der Waals surface area contributed by atoms with Gasteiger partial charge in [0.1, 0.15) is 12.7 Å². The molecule has 6 heteroatoms. The van der Waals surface area contributed by atoms with E-state index in [1.807, 2.05) is 11.3 Å². The topological polar surface area (TPSA) is 48.5 Å². The summed E-state index contributed by atoms with van der Waals surface area (Å²) in [6.07, 6.45) is 3.11. The number of benzene rings is 6. The Morgan fingerprint density at radius 3 is 2.00 bits per heavy atom. The molecule has 4 heterocycles. The molecule has 5 nitrogen and oxygen atoms in total. The zero-order chi connectivity index (χ0) is 29.5. The van der Waals surface area contributed by atoms with Crippen LogP contribution in [0.1, 0.15) is 0 Å². The highest BCUT2D eigenvalue weighted by Gasteiger charge is 2.21. The lowest BCUT2D eigenvalue weighted by atomic mass is 9.98. The van der Waals surface area contributed by atoms with E-state index < -0.39 is 0 Å². The molecular weight excluding hydrogens is 571 g/mol. The summed E-state index contributed by atoms with van der Waals surface area (Å²) < 4.78 is 7.20. The molecule has 10 rings (SSSR count). The summed E-state index contributed by atoms with van der Waals surface area (Å²) in [6, 6.07) is 46.1. The van der Waals surface area contributed by atoms with E-state index in [-0.39, 0.29) is 0 Å². The lowest BCUT2D eigenvalue weighted by Crippen LogP contribution is -2.01. The third-order valence-corrected chi connectivity index (χ3v) is 10.1. The Balaban J connectivity index is 1.32. The average molecular weight is 594 g/mol. The summed E-state index contributed by atoms with van der Waals surface area (Å²) >= 11 is 1.86. The first kappa shape index (κ1) is 24.6. The molecule has 0 radical (unpaired) electrons. The van der Waals surface area contributed by atoms with Crippen LogP contribution in [0.5, 0.6) is 0 Å². The van der Waals surface area contributed by atoms with Crippen molar-refractivity contribution in [2.75, 3.05) is 0 Å². The van der Waals surface area contributed by atoms with Gasteiger partial charge in [-0.2, -0.15) is 0 Å². The molecule has 210 valence electrons. The molecule has 0 N–H and O–H groups in total. The molecular formula is C39H23N5S. The highest BCUT2D eigenvalue weighted by Crippen LogP contribution is 2.43. The lowest BCUT2D eigenvalue weighted by Gasteiger charge is -2.12. The number of hydrogen-bond donors (Lipinski definition) is 0. The van der Waals surface area contributed by atoms with Gasteiger partial charge in [0.2, 0.25) is 5.95 Å². The number of aromatic nitrogens is 5. The minimum absolute atomic E-state index is 0.606. The first-order valence-electron chi connectivity index (χ1n) is 14.9. The van der Waals surface area contributed by atoms with Crippen molar-refractivity contribution in [1.29, 1.82) is 0 Å². The second kappa shape index (κ2) is 9.32. The number of thiophene rings is 1. The number of rotatable bonds is 3. The Kier molecular flexibility index (Phi) is 5.09. The van der Waals surface area contributed by atoms with Crippen LogP contribution >= 0.6 is 11.3 Å². The van der Waals surface area contributed by atoms with Gasteiger partial charge < -0.3 is 4.57 Å². The van der Waals surface area contributed by atoms with Gasteiger partial charge in [-0.25, -0.2) is 15.0 Å². The van der Waals surface area contributed by atoms with E-state index in [1.165, 1.54) is 53.1 Å². The van der Waals surface area contributed by atoms with Crippen molar-refractivity contribution in [2.24, 2.45) is 0 Å². The van der Waals surface area contributed by atoms with Crippen molar-refractivity contribution in [2.45, 2.75) is 0 Å². The Labute approximate surface area is 261 Å². The van der Waals surface area contributed by atoms with Crippen molar-refractivity contribution in [1.82, 2.24) is 24.1 Å². The molecule has 0 aliphatic rings. The molecule has 0 atom stereocenters. The van der Waals surface area contributed by atoms with E-state index in [1.54, 1.807) is 12.7 Å². The number of para-hydroxylation sites is 2. The summed E-state index contributed by atoms with van der Waals surface area (Å²) in [6.45, 7) is 0. The fourth-order valence-electron chi connectivity index (χ4n) is 7.16. The van der Waals surface area contributed by atoms with Crippen LogP contribution in [0, 0.1) is 0 Å². The minimum atomic E-state index is 0.606. The van der Waals surface area contributed by atoms with Crippen molar-refractivity contribution in [3.05, 3.63) is 140 Å². The summed E-state index contributed by atoms with van der Waals surface area (Å²) in [7, 11) is 0. The molecule has 0 saturated carbocycles.